The zero-order chi connectivity index (χ0) is 18.4. The van der Waals surface area contributed by atoms with Crippen molar-refractivity contribution in [1.29, 1.82) is 0 Å². The Labute approximate surface area is 155 Å². The quantitative estimate of drug-likeness (QED) is 0.866. The van der Waals surface area contributed by atoms with E-state index < -0.39 is 0 Å². The van der Waals surface area contributed by atoms with Crippen LogP contribution in [0.25, 0.3) is 0 Å². The molecule has 1 N–H and O–H groups in total. The zero-order valence-corrected chi connectivity index (χ0v) is 15.6. The highest BCUT2D eigenvalue weighted by Gasteiger charge is 2.20. The number of carbonyl (C=O) groups is 1. The molecule has 0 atom stereocenters. The Morgan fingerprint density at radius 1 is 1.27 bits per heavy atom. The minimum atomic E-state index is -0.0662. The topological polar surface area (TPSA) is 54.5 Å². The molecule has 1 aromatic carbocycles. The van der Waals surface area contributed by atoms with Gasteiger partial charge >= 0.3 is 0 Å². The molecule has 5 nitrogen and oxygen atoms in total. The summed E-state index contributed by atoms with van der Waals surface area (Å²) >= 11 is 0. The monoisotopic (exact) mass is 353 g/mol. The SMILES string of the molecule is CCNC(=O)c1ccc(N2CCC(Cc3cccc(OC)c3)CC2)nc1. The van der Waals surface area contributed by atoms with E-state index in [1.807, 2.05) is 25.1 Å². The van der Waals surface area contributed by atoms with E-state index in [-0.39, 0.29) is 5.91 Å². The van der Waals surface area contributed by atoms with E-state index in [1.165, 1.54) is 5.56 Å². The van der Waals surface area contributed by atoms with Crippen LogP contribution >= 0.6 is 0 Å². The van der Waals surface area contributed by atoms with Gasteiger partial charge in [-0.05, 0) is 61.9 Å². The van der Waals surface area contributed by atoms with E-state index in [2.05, 4.69) is 33.4 Å². The summed E-state index contributed by atoms with van der Waals surface area (Å²) in [6, 6.07) is 12.2. The van der Waals surface area contributed by atoms with Gasteiger partial charge in [-0.2, -0.15) is 0 Å². The van der Waals surface area contributed by atoms with Crippen molar-refractivity contribution in [2.75, 3.05) is 31.6 Å². The number of rotatable bonds is 6. The lowest BCUT2D eigenvalue weighted by Crippen LogP contribution is -2.35. The standard InChI is InChI=1S/C21H27N3O2/c1-3-22-21(25)18-7-8-20(23-15-18)24-11-9-16(10-12-24)13-17-5-4-6-19(14-17)26-2/h4-8,14-16H,3,9-13H2,1-2H3,(H,22,25). The Kier molecular flexibility index (Phi) is 6.10. The fourth-order valence-electron chi connectivity index (χ4n) is 3.47. The predicted octanol–water partition coefficient (Wildman–Crippen LogP) is 3.30. The number of ether oxygens (including phenoxy) is 1. The summed E-state index contributed by atoms with van der Waals surface area (Å²) in [6.45, 7) is 4.54. The van der Waals surface area contributed by atoms with Gasteiger partial charge in [-0.25, -0.2) is 4.98 Å². The number of hydrogen-bond donors (Lipinski definition) is 1. The molecule has 0 unspecified atom stereocenters. The third-order valence-corrected chi connectivity index (χ3v) is 4.94. The van der Waals surface area contributed by atoms with Crippen molar-refractivity contribution in [3.63, 3.8) is 0 Å². The fraction of sp³-hybridized carbons (Fsp3) is 0.429. The van der Waals surface area contributed by atoms with Crippen LogP contribution in [0.3, 0.4) is 0 Å². The van der Waals surface area contributed by atoms with Crippen molar-refractivity contribution in [1.82, 2.24) is 10.3 Å². The van der Waals surface area contributed by atoms with E-state index >= 15 is 0 Å². The van der Waals surface area contributed by atoms with Gasteiger partial charge in [-0.1, -0.05) is 12.1 Å². The highest BCUT2D eigenvalue weighted by molar-refractivity contribution is 5.93. The first-order valence-electron chi connectivity index (χ1n) is 9.31. The number of benzene rings is 1. The summed E-state index contributed by atoms with van der Waals surface area (Å²) in [4.78, 5) is 18.6. The van der Waals surface area contributed by atoms with E-state index in [9.17, 15) is 4.79 Å². The smallest absolute Gasteiger partial charge is 0.252 e. The van der Waals surface area contributed by atoms with E-state index in [0.717, 1.165) is 43.9 Å². The second kappa shape index (κ2) is 8.70. The molecule has 0 bridgehead atoms. The molecule has 0 aliphatic carbocycles. The lowest BCUT2D eigenvalue weighted by atomic mass is 9.90. The third kappa shape index (κ3) is 4.54. The number of nitrogens with zero attached hydrogens (tertiary/aromatic N) is 2. The Bertz CT molecular complexity index is 722. The van der Waals surface area contributed by atoms with Crippen LogP contribution in [-0.4, -0.2) is 37.6 Å². The number of carbonyl (C=O) groups excluding carboxylic acids is 1. The number of hydrogen-bond acceptors (Lipinski definition) is 4. The van der Waals surface area contributed by atoms with Crippen molar-refractivity contribution in [3.8, 4) is 5.75 Å². The summed E-state index contributed by atoms with van der Waals surface area (Å²) in [5, 5.41) is 2.80. The summed E-state index contributed by atoms with van der Waals surface area (Å²) in [7, 11) is 1.71. The Hall–Kier alpha value is -2.56. The number of piperidine rings is 1. The second-order valence-corrected chi connectivity index (χ2v) is 6.75. The Morgan fingerprint density at radius 2 is 2.08 bits per heavy atom. The molecule has 2 heterocycles. The van der Waals surface area contributed by atoms with Crippen LogP contribution in [-0.2, 0) is 6.42 Å². The van der Waals surface area contributed by atoms with Gasteiger partial charge in [0.25, 0.3) is 5.91 Å². The van der Waals surface area contributed by atoms with Crippen molar-refractivity contribution in [2.45, 2.75) is 26.2 Å². The van der Waals surface area contributed by atoms with E-state index in [1.54, 1.807) is 13.3 Å². The molecule has 3 rings (SSSR count). The highest BCUT2D eigenvalue weighted by atomic mass is 16.5. The second-order valence-electron chi connectivity index (χ2n) is 6.75. The van der Waals surface area contributed by atoms with Gasteiger partial charge in [0.05, 0.1) is 12.7 Å². The molecule has 0 saturated carbocycles. The summed E-state index contributed by atoms with van der Waals surface area (Å²) in [5.41, 5.74) is 1.95. The first-order valence-corrected chi connectivity index (χ1v) is 9.31. The number of aromatic nitrogens is 1. The van der Waals surface area contributed by atoms with Crippen molar-refractivity contribution in [3.05, 3.63) is 53.7 Å². The first kappa shape index (κ1) is 18.2. The van der Waals surface area contributed by atoms with Gasteiger partial charge in [0.1, 0.15) is 11.6 Å². The minimum absolute atomic E-state index is 0.0662. The van der Waals surface area contributed by atoms with Gasteiger partial charge < -0.3 is 15.0 Å². The van der Waals surface area contributed by atoms with Gasteiger partial charge in [-0.3, -0.25) is 4.79 Å². The number of pyridine rings is 1. The van der Waals surface area contributed by atoms with Crippen LogP contribution in [0.5, 0.6) is 5.75 Å². The molecule has 1 saturated heterocycles. The average molecular weight is 353 g/mol. The van der Waals surface area contributed by atoms with Crippen LogP contribution in [0.2, 0.25) is 0 Å². The van der Waals surface area contributed by atoms with E-state index in [4.69, 9.17) is 4.74 Å². The molecule has 26 heavy (non-hydrogen) atoms. The maximum atomic E-state index is 11.8. The molecule has 5 heteroatoms. The summed E-state index contributed by atoms with van der Waals surface area (Å²) < 4.78 is 5.32. The molecule has 1 fully saturated rings. The van der Waals surface area contributed by atoms with Crippen molar-refractivity contribution in [2.24, 2.45) is 5.92 Å². The van der Waals surface area contributed by atoms with Crippen LogP contribution < -0.4 is 15.0 Å². The highest BCUT2D eigenvalue weighted by Crippen LogP contribution is 2.26. The first-order chi connectivity index (χ1) is 12.7. The summed E-state index contributed by atoms with van der Waals surface area (Å²) in [6.07, 6.45) is 5.06. The molecule has 2 aromatic rings. The van der Waals surface area contributed by atoms with Crippen LogP contribution in [0.4, 0.5) is 5.82 Å². The van der Waals surface area contributed by atoms with Gasteiger partial charge in [0.2, 0.25) is 0 Å². The van der Waals surface area contributed by atoms with Gasteiger partial charge in [-0.15, -0.1) is 0 Å². The normalized spacial score (nSPS) is 14.9. The Morgan fingerprint density at radius 3 is 2.73 bits per heavy atom. The van der Waals surface area contributed by atoms with Gasteiger partial charge in [0, 0.05) is 25.8 Å². The predicted molar refractivity (Wildman–Crippen MR) is 104 cm³/mol. The van der Waals surface area contributed by atoms with Crippen LogP contribution in [0.15, 0.2) is 42.6 Å². The lowest BCUT2D eigenvalue weighted by Gasteiger charge is -2.33. The van der Waals surface area contributed by atoms with Gasteiger partial charge in [0.15, 0.2) is 0 Å². The largest absolute Gasteiger partial charge is 0.497 e. The average Bonchev–Trinajstić information content (AvgIpc) is 2.69. The van der Waals surface area contributed by atoms with Crippen LogP contribution in [0.1, 0.15) is 35.7 Å². The Balaban J connectivity index is 1.54. The molecule has 0 radical (unpaired) electrons. The lowest BCUT2D eigenvalue weighted by molar-refractivity contribution is 0.0955. The molecular formula is C21H27N3O2. The summed E-state index contributed by atoms with van der Waals surface area (Å²) in [5.74, 6) is 2.51. The molecular weight excluding hydrogens is 326 g/mol. The zero-order valence-electron chi connectivity index (χ0n) is 15.6. The van der Waals surface area contributed by atoms with Crippen LogP contribution in [0, 0.1) is 5.92 Å². The molecule has 138 valence electrons. The van der Waals surface area contributed by atoms with E-state index in [0.29, 0.717) is 18.0 Å². The maximum absolute atomic E-state index is 11.8. The minimum Gasteiger partial charge on any atom is -0.497 e. The third-order valence-electron chi connectivity index (χ3n) is 4.94. The molecule has 0 spiro atoms. The molecule has 1 amide bonds. The number of nitrogens with one attached hydrogen (secondary N) is 1. The molecule has 1 aromatic heterocycles. The number of amides is 1. The molecule has 1 aliphatic rings. The molecule has 1 aliphatic heterocycles. The maximum Gasteiger partial charge on any atom is 0.252 e. The number of anilines is 1. The van der Waals surface area contributed by atoms with Crippen molar-refractivity contribution >= 4 is 11.7 Å². The van der Waals surface area contributed by atoms with Crippen molar-refractivity contribution < 1.29 is 9.53 Å². The number of methoxy groups -OCH3 is 1. The fourth-order valence-corrected chi connectivity index (χ4v) is 3.47.